The van der Waals surface area contributed by atoms with E-state index in [4.69, 9.17) is 27.8 Å². The van der Waals surface area contributed by atoms with Crippen LogP contribution in [0.5, 0.6) is 5.75 Å². The lowest BCUT2D eigenvalue weighted by molar-refractivity contribution is -0.143. The molecular weight excluding hydrogens is 772 g/mol. The Kier molecular flexibility index (Phi) is 13.2. The van der Waals surface area contributed by atoms with E-state index >= 15 is 0 Å². The van der Waals surface area contributed by atoms with Gasteiger partial charge in [0.15, 0.2) is 11.3 Å². The van der Waals surface area contributed by atoms with Gasteiger partial charge in [-0.05, 0) is 55.2 Å². The lowest BCUT2D eigenvalue weighted by Crippen LogP contribution is -2.49. The third kappa shape index (κ3) is 9.28. The largest absolute Gasteiger partial charge is 0.497 e. The third-order valence-electron chi connectivity index (χ3n) is 10.4. The number of benzene rings is 3. The van der Waals surface area contributed by atoms with E-state index in [2.05, 4.69) is 29.2 Å². The molecule has 0 saturated carbocycles. The SMILES string of the molecule is CCOC(=O)CCC(C)(C)C(=O)SCCOP1(=O)OC[C@H]2O[C@@H](n3ccc(CC(c4ccccc4)(c4ccccc4)c4ccc(OC)cc4)nc3=O)[C@](C)(O)[C@@H]2O1. The first-order chi connectivity index (χ1) is 27.2. The highest BCUT2D eigenvalue weighted by atomic mass is 32.2. The van der Waals surface area contributed by atoms with Crippen molar-refractivity contribution in [1.29, 1.82) is 0 Å². The summed E-state index contributed by atoms with van der Waals surface area (Å²) in [6.45, 7) is 6.53. The van der Waals surface area contributed by atoms with Gasteiger partial charge in [0, 0.05) is 35.9 Å². The minimum Gasteiger partial charge on any atom is -0.497 e. The Bertz CT molecular complexity index is 2070. The van der Waals surface area contributed by atoms with Crippen LogP contribution in [-0.4, -0.2) is 76.2 Å². The molecule has 0 aliphatic carbocycles. The molecule has 1 unspecified atom stereocenters. The molecular formula is C42H49N2O11PS. The van der Waals surface area contributed by atoms with Crippen molar-refractivity contribution in [3.05, 3.63) is 130 Å². The molecule has 0 amide bonds. The zero-order valence-corrected chi connectivity index (χ0v) is 34.4. The first-order valence-electron chi connectivity index (χ1n) is 18.8. The van der Waals surface area contributed by atoms with E-state index in [9.17, 15) is 24.1 Å². The maximum absolute atomic E-state index is 13.9. The molecule has 4 aromatic rings. The Balaban J connectivity index is 1.17. The van der Waals surface area contributed by atoms with Gasteiger partial charge in [0.2, 0.25) is 0 Å². The Morgan fingerprint density at radius 2 is 1.63 bits per heavy atom. The zero-order valence-electron chi connectivity index (χ0n) is 32.7. The smallest absolute Gasteiger partial charge is 0.475 e. The van der Waals surface area contributed by atoms with Crippen LogP contribution in [0.2, 0.25) is 0 Å². The van der Waals surface area contributed by atoms with Gasteiger partial charge in [-0.1, -0.05) is 98.4 Å². The Morgan fingerprint density at radius 1 is 1.00 bits per heavy atom. The van der Waals surface area contributed by atoms with Gasteiger partial charge in [-0.15, -0.1) is 0 Å². The predicted octanol–water partition coefficient (Wildman–Crippen LogP) is 6.65. The summed E-state index contributed by atoms with van der Waals surface area (Å²) in [5.74, 6) is 0.492. The summed E-state index contributed by atoms with van der Waals surface area (Å²) in [4.78, 5) is 43.0. The fourth-order valence-electron chi connectivity index (χ4n) is 7.29. The number of aliphatic hydroxyl groups is 1. The maximum Gasteiger partial charge on any atom is 0.475 e. The lowest BCUT2D eigenvalue weighted by Gasteiger charge is -2.36. The molecule has 1 aromatic heterocycles. The van der Waals surface area contributed by atoms with Gasteiger partial charge in [0.25, 0.3) is 0 Å². The third-order valence-corrected chi connectivity index (χ3v) is 13.1. The van der Waals surface area contributed by atoms with E-state index in [0.717, 1.165) is 28.5 Å². The van der Waals surface area contributed by atoms with E-state index in [1.165, 1.54) is 17.7 Å². The monoisotopic (exact) mass is 820 g/mol. The number of hydrogen-bond acceptors (Lipinski definition) is 13. The molecule has 3 heterocycles. The van der Waals surface area contributed by atoms with Gasteiger partial charge in [0.1, 0.15) is 23.6 Å². The molecule has 1 N–H and O–H groups in total. The predicted molar refractivity (Wildman–Crippen MR) is 214 cm³/mol. The molecule has 5 atom stereocenters. The number of carbonyl (C=O) groups is 2. The number of phosphoric ester groups is 1. The van der Waals surface area contributed by atoms with Crippen LogP contribution in [0.3, 0.4) is 0 Å². The molecule has 304 valence electrons. The summed E-state index contributed by atoms with van der Waals surface area (Å²) < 4.78 is 48.1. The van der Waals surface area contributed by atoms with Crippen LogP contribution in [-0.2, 0) is 49.0 Å². The first kappa shape index (κ1) is 42.5. The second-order valence-electron chi connectivity index (χ2n) is 14.8. The molecule has 2 aliphatic heterocycles. The molecule has 0 radical (unpaired) electrons. The van der Waals surface area contributed by atoms with Crippen molar-refractivity contribution >= 4 is 30.7 Å². The van der Waals surface area contributed by atoms with E-state index < -0.39 is 48.4 Å². The molecule has 6 rings (SSSR count). The molecule has 2 aliphatic rings. The number of ether oxygens (including phenoxy) is 3. The van der Waals surface area contributed by atoms with Crippen LogP contribution in [0.4, 0.5) is 0 Å². The Morgan fingerprint density at radius 3 is 2.23 bits per heavy atom. The summed E-state index contributed by atoms with van der Waals surface area (Å²) in [5, 5.41) is 11.6. The summed E-state index contributed by atoms with van der Waals surface area (Å²) in [6.07, 6.45) is -1.02. The highest BCUT2D eigenvalue weighted by Gasteiger charge is 2.60. The number of rotatable bonds is 16. The van der Waals surface area contributed by atoms with Crippen LogP contribution in [0, 0.1) is 5.41 Å². The Hall–Kier alpha value is -4.14. The first-order valence-corrected chi connectivity index (χ1v) is 21.3. The quantitative estimate of drug-likeness (QED) is 0.0555. The maximum atomic E-state index is 13.9. The van der Waals surface area contributed by atoms with Crippen LogP contribution >= 0.6 is 19.6 Å². The van der Waals surface area contributed by atoms with Gasteiger partial charge in [-0.25, -0.2) is 9.36 Å². The van der Waals surface area contributed by atoms with Crippen molar-refractivity contribution in [2.45, 2.75) is 76.4 Å². The van der Waals surface area contributed by atoms with E-state index in [1.807, 2.05) is 60.7 Å². The van der Waals surface area contributed by atoms with E-state index in [-0.39, 0.29) is 43.1 Å². The van der Waals surface area contributed by atoms with Crippen molar-refractivity contribution in [1.82, 2.24) is 9.55 Å². The second-order valence-corrected chi connectivity index (χ2v) is 17.5. The summed E-state index contributed by atoms with van der Waals surface area (Å²) >= 11 is 0.984. The molecule has 3 aromatic carbocycles. The molecule has 0 bridgehead atoms. The highest BCUT2D eigenvalue weighted by Crippen LogP contribution is 2.58. The van der Waals surface area contributed by atoms with Crippen molar-refractivity contribution in [3.8, 4) is 5.75 Å². The fraction of sp³-hybridized carbons (Fsp3) is 0.429. The molecule has 2 fully saturated rings. The van der Waals surface area contributed by atoms with Gasteiger partial charge in [-0.2, -0.15) is 4.98 Å². The number of fused-ring (bicyclic) bond motifs is 1. The average molecular weight is 821 g/mol. The van der Waals surface area contributed by atoms with Gasteiger partial charge in [-0.3, -0.25) is 27.7 Å². The number of phosphoric acid groups is 1. The number of methoxy groups -OCH3 is 1. The van der Waals surface area contributed by atoms with E-state index in [0.29, 0.717) is 24.3 Å². The summed E-state index contributed by atoms with van der Waals surface area (Å²) in [5.41, 5.74) is -0.569. The molecule has 15 heteroatoms. The number of carbonyl (C=O) groups excluding carboxylic acids is 2. The zero-order chi connectivity index (χ0) is 40.8. The van der Waals surface area contributed by atoms with Gasteiger partial charge in [0.05, 0.1) is 32.3 Å². The average Bonchev–Trinajstić information content (AvgIpc) is 3.47. The highest BCUT2D eigenvalue weighted by molar-refractivity contribution is 8.13. The van der Waals surface area contributed by atoms with Crippen molar-refractivity contribution < 1.29 is 47.0 Å². The van der Waals surface area contributed by atoms with Crippen molar-refractivity contribution in [2.75, 3.05) is 32.7 Å². The molecule has 0 spiro atoms. The molecule has 57 heavy (non-hydrogen) atoms. The Labute approximate surface area is 336 Å². The fourth-order valence-corrected chi connectivity index (χ4v) is 9.73. The summed E-state index contributed by atoms with van der Waals surface area (Å²) in [6, 6.07) is 29.7. The standard InChI is InChI=1S/C42H49N2O11PS/c1-6-51-35(45)21-23-40(2,3)38(46)57-26-25-52-56(49)53-28-34-36(55-56)41(4,48)37(54-34)44-24-22-32(43-39(44)47)27-42(29-13-9-7-10-14-29,30-15-11-8-12-16-30)31-17-19-33(50-5)20-18-31/h7-20,22,24,34,36-37,48H,6,21,23,25-28H2,1-5H3/t34-,36-,37-,41-,56?/m1/s1. The van der Waals surface area contributed by atoms with Crippen molar-refractivity contribution in [3.63, 3.8) is 0 Å². The van der Waals surface area contributed by atoms with Gasteiger partial charge < -0.3 is 19.3 Å². The number of nitrogens with zero attached hydrogens (tertiary/aromatic N) is 2. The molecule has 2 saturated heterocycles. The topological polar surface area (TPSA) is 162 Å². The minimum absolute atomic E-state index is 0.117. The van der Waals surface area contributed by atoms with Crippen LogP contribution in [0.1, 0.15) is 69.1 Å². The van der Waals surface area contributed by atoms with E-state index in [1.54, 1.807) is 33.9 Å². The lowest BCUT2D eigenvalue weighted by atomic mass is 9.66. The number of esters is 1. The van der Waals surface area contributed by atoms with Gasteiger partial charge >= 0.3 is 19.5 Å². The second kappa shape index (κ2) is 17.8. The van der Waals surface area contributed by atoms with Crippen molar-refractivity contribution in [2.24, 2.45) is 5.41 Å². The molecule has 13 nitrogen and oxygen atoms in total. The van der Waals surface area contributed by atoms with Crippen LogP contribution in [0.15, 0.2) is 102 Å². The number of aromatic nitrogens is 2. The minimum atomic E-state index is -4.19. The summed E-state index contributed by atoms with van der Waals surface area (Å²) in [7, 11) is -2.57. The normalized spacial score (nSPS) is 23.4. The number of thioether (sulfide) groups is 1. The number of hydrogen-bond donors (Lipinski definition) is 1. The van der Waals surface area contributed by atoms with Crippen LogP contribution < -0.4 is 10.4 Å². The van der Waals surface area contributed by atoms with Crippen LogP contribution in [0.25, 0.3) is 0 Å².